The van der Waals surface area contributed by atoms with Gasteiger partial charge in [0.25, 0.3) is 5.95 Å². The Morgan fingerprint density at radius 3 is 2.70 bits per heavy atom. The lowest BCUT2D eigenvalue weighted by Gasteiger charge is -2.14. The third-order valence-corrected chi connectivity index (χ3v) is 3.40. The number of aromatic nitrogens is 2. The zero-order valence-corrected chi connectivity index (χ0v) is 12.5. The maximum Gasteiger partial charge on any atom is 0.318 e. The lowest BCUT2D eigenvalue weighted by atomic mass is 9.97. The van der Waals surface area contributed by atoms with Crippen LogP contribution in [0.4, 0.5) is 5.95 Å². The molecule has 0 radical (unpaired) electrons. The van der Waals surface area contributed by atoms with Gasteiger partial charge < -0.3 is 14.2 Å². The Morgan fingerprint density at radius 1 is 1.40 bits per heavy atom. The molecule has 0 aromatic carbocycles. The minimum absolute atomic E-state index is 0.280. The van der Waals surface area contributed by atoms with Crippen molar-refractivity contribution >= 4 is 11.9 Å². The molecule has 6 nitrogen and oxygen atoms in total. The van der Waals surface area contributed by atoms with E-state index in [1.165, 1.54) is 0 Å². The molecule has 0 N–H and O–H groups in total. The first-order valence-corrected chi connectivity index (χ1v) is 7.37. The summed E-state index contributed by atoms with van der Waals surface area (Å²) in [5, 5.41) is 4.00. The van der Waals surface area contributed by atoms with E-state index < -0.39 is 5.92 Å². The van der Waals surface area contributed by atoms with Gasteiger partial charge in [0.2, 0.25) is 5.89 Å². The van der Waals surface area contributed by atoms with Gasteiger partial charge in [-0.3, -0.25) is 4.79 Å². The molecule has 1 atom stereocenters. The van der Waals surface area contributed by atoms with Crippen molar-refractivity contribution in [1.82, 2.24) is 10.1 Å². The smallest absolute Gasteiger partial charge is 0.318 e. The largest absolute Gasteiger partial charge is 0.465 e. The van der Waals surface area contributed by atoms with Crippen molar-refractivity contribution in [2.75, 3.05) is 24.6 Å². The van der Waals surface area contributed by atoms with Crippen LogP contribution in [-0.2, 0) is 9.53 Å². The Bertz CT molecular complexity index is 439. The van der Waals surface area contributed by atoms with Crippen LogP contribution < -0.4 is 4.90 Å². The molecule has 1 unspecified atom stereocenters. The van der Waals surface area contributed by atoms with Crippen LogP contribution in [-0.4, -0.2) is 35.8 Å². The number of carbonyl (C=O) groups is 1. The van der Waals surface area contributed by atoms with Gasteiger partial charge in [0.05, 0.1) is 6.61 Å². The summed E-state index contributed by atoms with van der Waals surface area (Å²) in [5.41, 5.74) is 0. The molecule has 0 amide bonds. The normalized spacial score (nSPS) is 16.7. The van der Waals surface area contributed by atoms with E-state index in [1.807, 2.05) is 0 Å². The second-order valence-corrected chi connectivity index (χ2v) is 5.56. The van der Waals surface area contributed by atoms with E-state index in [0.29, 0.717) is 30.8 Å². The summed E-state index contributed by atoms with van der Waals surface area (Å²) < 4.78 is 10.4. The van der Waals surface area contributed by atoms with Crippen molar-refractivity contribution in [2.24, 2.45) is 5.92 Å². The molecule has 1 aromatic heterocycles. The number of hydrogen-bond donors (Lipinski definition) is 0. The van der Waals surface area contributed by atoms with E-state index in [2.05, 4.69) is 28.9 Å². The molecule has 2 heterocycles. The number of hydrogen-bond acceptors (Lipinski definition) is 6. The van der Waals surface area contributed by atoms with E-state index in [-0.39, 0.29) is 5.97 Å². The molecule has 0 bridgehead atoms. The van der Waals surface area contributed by atoms with E-state index in [4.69, 9.17) is 9.26 Å². The number of nitrogens with zero attached hydrogens (tertiary/aromatic N) is 3. The van der Waals surface area contributed by atoms with E-state index >= 15 is 0 Å². The standard InChI is InChI=1S/C14H23N3O3/c1-4-19-13(18)11(9-10(2)3)12-15-14(16-20-12)17-7-5-6-8-17/h10-11H,4-9H2,1-3H3. The highest BCUT2D eigenvalue weighted by Gasteiger charge is 2.30. The van der Waals surface area contributed by atoms with Crippen molar-refractivity contribution < 1.29 is 14.1 Å². The summed E-state index contributed by atoms with van der Waals surface area (Å²) in [5.74, 6) is 0.581. The Morgan fingerprint density at radius 2 is 2.10 bits per heavy atom. The number of rotatable bonds is 6. The highest BCUT2D eigenvalue weighted by Crippen LogP contribution is 2.26. The number of esters is 1. The van der Waals surface area contributed by atoms with Crippen LogP contribution in [0.3, 0.4) is 0 Å². The van der Waals surface area contributed by atoms with Gasteiger partial charge in [0.1, 0.15) is 5.92 Å². The van der Waals surface area contributed by atoms with Gasteiger partial charge in [0, 0.05) is 13.1 Å². The molecular formula is C14H23N3O3. The van der Waals surface area contributed by atoms with E-state index in [1.54, 1.807) is 6.92 Å². The maximum absolute atomic E-state index is 12.0. The molecule has 1 aliphatic heterocycles. The third-order valence-electron chi connectivity index (χ3n) is 3.40. The highest BCUT2D eigenvalue weighted by molar-refractivity contribution is 5.76. The van der Waals surface area contributed by atoms with E-state index in [9.17, 15) is 4.79 Å². The molecular weight excluding hydrogens is 258 g/mol. The van der Waals surface area contributed by atoms with Gasteiger partial charge in [-0.25, -0.2) is 0 Å². The third kappa shape index (κ3) is 3.49. The molecule has 1 fully saturated rings. The lowest BCUT2D eigenvalue weighted by Crippen LogP contribution is -2.20. The fourth-order valence-electron chi connectivity index (χ4n) is 2.43. The quantitative estimate of drug-likeness (QED) is 0.746. The molecule has 0 saturated carbocycles. The van der Waals surface area contributed by atoms with Gasteiger partial charge in [0.15, 0.2) is 0 Å². The van der Waals surface area contributed by atoms with Crippen LogP contribution in [0.2, 0.25) is 0 Å². The lowest BCUT2D eigenvalue weighted by molar-refractivity contribution is -0.146. The van der Waals surface area contributed by atoms with Gasteiger partial charge in [-0.15, -0.1) is 0 Å². The van der Waals surface area contributed by atoms with Crippen molar-refractivity contribution in [3.8, 4) is 0 Å². The second kappa shape index (κ2) is 6.72. The summed E-state index contributed by atoms with van der Waals surface area (Å²) >= 11 is 0. The van der Waals surface area contributed by atoms with Crippen molar-refractivity contribution in [2.45, 2.75) is 46.0 Å². The van der Waals surface area contributed by atoms with Crippen molar-refractivity contribution in [3.05, 3.63) is 5.89 Å². The fourth-order valence-corrected chi connectivity index (χ4v) is 2.43. The molecule has 1 aromatic rings. The maximum atomic E-state index is 12.0. The second-order valence-electron chi connectivity index (χ2n) is 5.56. The molecule has 6 heteroatoms. The van der Waals surface area contributed by atoms with Crippen LogP contribution in [0.15, 0.2) is 4.52 Å². The fraction of sp³-hybridized carbons (Fsp3) is 0.786. The van der Waals surface area contributed by atoms with Crippen LogP contribution >= 0.6 is 0 Å². The first kappa shape index (κ1) is 14.8. The summed E-state index contributed by atoms with van der Waals surface area (Å²) in [4.78, 5) is 18.5. The molecule has 0 spiro atoms. The average molecular weight is 281 g/mol. The molecule has 1 aliphatic rings. The zero-order chi connectivity index (χ0) is 14.5. The minimum atomic E-state index is -0.459. The van der Waals surface area contributed by atoms with Crippen LogP contribution in [0, 0.1) is 5.92 Å². The molecule has 0 aliphatic carbocycles. The molecule has 1 saturated heterocycles. The number of ether oxygens (including phenoxy) is 1. The number of carbonyl (C=O) groups excluding carboxylic acids is 1. The zero-order valence-electron chi connectivity index (χ0n) is 12.5. The monoisotopic (exact) mass is 281 g/mol. The SMILES string of the molecule is CCOC(=O)C(CC(C)C)c1nc(N2CCCC2)no1. The Hall–Kier alpha value is -1.59. The van der Waals surface area contributed by atoms with Gasteiger partial charge in [-0.1, -0.05) is 13.8 Å². The van der Waals surface area contributed by atoms with Crippen LogP contribution in [0.5, 0.6) is 0 Å². The van der Waals surface area contributed by atoms with Crippen LogP contribution in [0.1, 0.15) is 51.8 Å². The van der Waals surface area contributed by atoms with Crippen molar-refractivity contribution in [3.63, 3.8) is 0 Å². The number of anilines is 1. The van der Waals surface area contributed by atoms with Gasteiger partial charge >= 0.3 is 5.97 Å². The average Bonchev–Trinajstić information content (AvgIpc) is 3.06. The Balaban J connectivity index is 2.13. The molecule has 20 heavy (non-hydrogen) atoms. The van der Waals surface area contributed by atoms with Gasteiger partial charge in [-0.2, -0.15) is 4.98 Å². The topological polar surface area (TPSA) is 68.5 Å². The Labute approximate surface area is 119 Å². The first-order chi connectivity index (χ1) is 9.61. The minimum Gasteiger partial charge on any atom is -0.465 e. The predicted molar refractivity (Wildman–Crippen MR) is 74.6 cm³/mol. The summed E-state index contributed by atoms with van der Waals surface area (Å²) in [7, 11) is 0. The first-order valence-electron chi connectivity index (χ1n) is 7.37. The highest BCUT2D eigenvalue weighted by atomic mass is 16.5. The summed E-state index contributed by atoms with van der Waals surface area (Å²) in [6, 6.07) is 0. The summed E-state index contributed by atoms with van der Waals surface area (Å²) in [6.45, 7) is 8.18. The predicted octanol–water partition coefficient (Wildman–Crippen LogP) is 2.36. The molecule has 112 valence electrons. The molecule has 2 rings (SSSR count). The van der Waals surface area contributed by atoms with Crippen molar-refractivity contribution in [1.29, 1.82) is 0 Å². The van der Waals surface area contributed by atoms with Crippen LogP contribution in [0.25, 0.3) is 0 Å². The van der Waals surface area contributed by atoms with E-state index in [0.717, 1.165) is 25.9 Å². The summed E-state index contributed by atoms with van der Waals surface area (Å²) in [6.07, 6.45) is 2.95. The van der Waals surface area contributed by atoms with Gasteiger partial charge in [-0.05, 0) is 37.3 Å². The Kier molecular flexibility index (Phi) is 4.98.